The highest BCUT2D eigenvalue weighted by Crippen LogP contribution is 2.39. The van der Waals surface area contributed by atoms with Gasteiger partial charge < -0.3 is 9.52 Å². The highest BCUT2D eigenvalue weighted by molar-refractivity contribution is 5.93. The van der Waals surface area contributed by atoms with Crippen LogP contribution < -0.4 is 0 Å². The number of benzene rings is 4. The second-order valence-electron chi connectivity index (χ2n) is 13.4. The average molecular weight is 581 g/mol. The van der Waals surface area contributed by atoms with Crippen molar-refractivity contribution in [3.05, 3.63) is 114 Å². The first-order chi connectivity index (χ1) is 21.0. The van der Waals surface area contributed by atoms with E-state index in [2.05, 4.69) is 103 Å². The predicted molar refractivity (Wildman–Crippen MR) is 182 cm³/mol. The summed E-state index contributed by atoms with van der Waals surface area (Å²) in [5.74, 6) is 1.44. The summed E-state index contributed by atoms with van der Waals surface area (Å²) in [4.78, 5) is 9.73. The summed E-state index contributed by atoms with van der Waals surface area (Å²) >= 11 is 0. The van der Waals surface area contributed by atoms with E-state index in [0.29, 0.717) is 28.9 Å². The molecule has 0 aliphatic rings. The summed E-state index contributed by atoms with van der Waals surface area (Å²) in [6.07, 6.45) is 1.92. The van der Waals surface area contributed by atoms with Crippen LogP contribution in [0.5, 0.6) is 5.75 Å². The molecule has 44 heavy (non-hydrogen) atoms. The lowest BCUT2D eigenvalue weighted by Gasteiger charge is -2.22. The zero-order valence-electron chi connectivity index (χ0n) is 26.6. The highest BCUT2D eigenvalue weighted by Gasteiger charge is 2.20. The minimum atomic E-state index is -0.0845. The first-order valence-electron chi connectivity index (χ1n) is 15.4. The Morgan fingerprint density at radius 3 is 2.02 bits per heavy atom. The highest BCUT2D eigenvalue weighted by atomic mass is 16.3. The fourth-order valence-electron chi connectivity index (χ4n) is 5.59. The smallest absolute Gasteiger partial charge is 0.231 e. The van der Waals surface area contributed by atoms with Gasteiger partial charge in [-0.3, -0.25) is 4.98 Å². The number of hydrogen-bond donors (Lipinski definition) is 1. The van der Waals surface area contributed by atoms with E-state index in [4.69, 9.17) is 14.4 Å². The van der Waals surface area contributed by atoms with Gasteiger partial charge in [-0.25, -0.2) is 4.98 Å². The van der Waals surface area contributed by atoms with Crippen LogP contribution in [0.25, 0.3) is 56.1 Å². The molecule has 0 aliphatic heterocycles. The van der Waals surface area contributed by atoms with E-state index >= 15 is 0 Å². The SMILES string of the molecule is CC(C)c1cc(-c2ccnc(-c3cc(-c4cccc5oc(-c6ccccc6O)nc45)cc(C(C)(C)C)c3)c2)cc(C(C)C)c1. The van der Waals surface area contributed by atoms with Crippen LogP contribution in [0.3, 0.4) is 0 Å². The summed E-state index contributed by atoms with van der Waals surface area (Å²) in [5, 5.41) is 10.4. The molecule has 4 heteroatoms. The number of para-hydroxylation sites is 2. The Balaban J connectivity index is 1.50. The maximum Gasteiger partial charge on any atom is 0.231 e. The van der Waals surface area contributed by atoms with E-state index in [-0.39, 0.29) is 11.2 Å². The van der Waals surface area contributed by atoms with Gasteiger partial charge in [-0.05, 0) is 93.1 Å². The largest absolute Gasteiger partial charge is 0.507 e. The minimum Gasteiger partial charge on any atom is -0.507 e. The van der Waals surface area contributed by atoms with E-state index in [1.165, 1.54) is 22.3 Å². The van der Waals surface area contributed by atoms with Gasteiger partial charge in [0, 0.05) is 17.3 Å². The van der Waals surface area contributed by atoms with Crippen LogP contribution in [-0.2, 0) is 5.41 Å². The maximum absolute atomic E-state index is 10.4. The molecule has 0 amide bonds. The van der Waals surface area contributed by atoms with Crippen molar-refractivity contribution in [3.63, 3.8) is 0 Å². The van der Waals surface area contributed by atoms with Gasteiger partial charge in [-0.2, -0.15) is 0 Å². The van der Waals surface area contributed by atoms with Gasteiger partial charge in [0.05, 0.1) is 11.3 Å². The van der Waals surface area contributed by atoms with Crippen LogP contribution >= 0.6 is 0 Å². The molecule has 0 atom stereocenters. The van der Waals surface area contributed by atoms with Gasteiger partial charge in [0.15, 0.2) is 5.58 Å². The molecular weight excluding hydrogens is 540 g/mol. The average Bonchev–Trinajstić information content (AvgIpc) is 3.45. The second-order valence-corrected chi connectivity index (χ2v) is 13.4. The Kier molecular flexibility index (Phi) is 7.63. The Morgan fingerprint density at radius 2 is 1.34 bits per heavy atom. The first-order valence-corrected chi connectivity index (χ1v) is 15.4. The maximum atomic E-state index is 10.4. The fourth-order valence-corrected chi connectivity index (χ4v) is 5.59. The van der Waals surface area contributed by atoms with E-state index in [0.717, 1.165) is 33.5 Å². The third-order valence-electron chi connectivity index (χ3n) is 8.36. The van der Waals surface area contributed by atoms with Crippen molar-refractivity contribution in [3.8, 4) is 50.7 Å². The summed E-state index contributed by atoms with van der Waals surface area (Å²) in [5.41, 5.74) is 12.2. The van der Waals surface area contributed by atoms with Crippen molar-refractivity contribution in [1.82, 2.24) is 9.97 Å². The molecule has 0 spiro atoms. The minimum absolute atomic E-state index is 0.0845. The molecule has 6 aromatic rings. The van der Waals surface area contributed by atoms with Crippen LogP contribution in [0.1, 0.15) is 77.0 Å². The van der Waals surface area contributed by atoms with Crippen molar-refractivity contribution in [2.75, 3.05) is 0 Å². The molecule has 4 nitrogen and oxygen atoms in total. The number of hydrogen-bond acceptors (Lipinski definition) is 4. The van der Waals surface area contributed by atoms with E-state index in [9.17, 15) is 5.11 Å². The molecule has 0 bridgehead atoms. The zero-order valence-corrected chi connectivity index (χ0v) is 26.6. The number of aromatic hydroxyl groups is 1. The van der Waals surface area contributed by atoms with Crippen molar-refractivity contribution < 1.29 is 9.52 Å². The Hall–Kier alpha value is -4.70. The number of fused-ring (bicyclic) bond motifs is 1. The Morgan fingerprint density at radius 1 is 0.659 bits per heavy atom. The molecule has 222 valence electrons. The number of oxazole rings is 1. The molecule has 0 radical (unpaired) electrons. The summed E-state index contributed by atoms with van der Waals surface area (Å²) < 4.78 is 6.14. The zero-order chi connectivity index (χ0) is 31.2. The first kappa shape index (κ1) is 29.4. The summed E-state index contributed by atoms with van der Waals surface area (Å²) in [7, 11) is 0. The Bertz CT molecular complexity index is 1950. The van der Waals surface area contributed by atoms with Gasteiger partial charge in [-0.1, -0.05) is 97.0 Å². The molecule has 2 aromatic heterocycles. The number of phenols is 1. The molecule has 6 rings (SSSR count). The molecule has 0 aliphatic carbocycles. The van der Waals surface area contributed by atoms with Gasteiger partial charge in [0.1, 0.15) is 11.3 Å². The van der Waals surface area contributed by atoms with Crippen molar-refractivity contribution in [2.45, 2.75) is 65.7 Å². The van der Waals surface area contributed by atoms with Crippen LogP contribution in [0.2, 0.25) is 0 Å². The molecular formula is C40H40N2O2. The predicted octanol–water partition coefficient (Wildman–Crippen LogP) is 11.1. The van der Waals surface area contributed by atoms with E-state index < -0.39 is 0 Å². The van der Waals surface area contributed by atoms with Crippen molar-refractivity contribution in [2.24, 2.45) is 0 Å². The number of phenolic OH excluding ortho intramolecular Hbond substituents is 1. The summed E-state index contributed by atoms with van der Waals surface area (Å²) in [6, 6.07) is 31.1. The van der Waals surface area contributed by atoms with Crippen molar-refractivity contribution >= 4 is 11.1 Å². The molecule has 0 unspecified atom stereocenters. The number of pyridine rings is 1. The third-order valence-corrected chi connectivity index (χ3v) is 8.36. The monoisotopic (exact) mass is 580 g/mol. The molecule has 0 saturated heterocycles. The van der Waals surface area contributed by atoms with Gasteiger partial charge in [-0.15, -0.1) is 0 Å². The van der Waals surface area contributed by atoms with Gasteiger partial charge >= 0.3 is 0 Å². The van der Waals surface area contributed by atoms with Gasteiger partial charge in [0.2, 0.25) is 5.89 Å². The second kappa shape index (κ2) is 11.4. The lowest BCUT2D eigenvalue weighted by atomic mass is 9.83. The van der Waals surface area contributed by atoms with Crippen molar-refractivity contribution in [1.29, 1.82) is 0 Å². The fraction of sp³-hybridized carbons (Fsp3) is 0.250. The Labute approximate surface area is 260 Å². The van der Waals surface area contributed by atoms with E-state index in [1.54, 1.807) is 12.1 Å². The summed E-state index contributed by atoms with van der Waals surface area (Å²) in [6.45, 7) is 15.7. The standard InChI is InChI=1S/C40H40N2O2/c1-24(2)27-17-28(25(3)4)19-29(18-27)26-15-16-41-35(23-26)31-20-30(21-32(22-31)40(5,6)7)33-12-10-14-37-38(33)42-39(44-37)34-11-8-9-13-36(34)43/h8-25,43H,1-7H3. The molecule has 4 aromatic carbocycles. The van der Waals surface area contributed by atoms with E-state index in [1.807, 2.05) is 30.5 Å². The molecule has 1 N–H and O–H groups in total. The lowest BCUT2D eigenvalue weighted by Crippen LogP contribution is -2.11. The molecule has 2 heterocycles. The molecule has 0 fully saturated rings. The lowest BCUT2D eigenvalue weighted by molar-refractivity contribution is 0.474. The van der Waals surface area contributed by atoms with Crippen LogP contribution in [0.4, 0.5) is 0 Å². The van der Waals surface area contributed by atoms with Crippen LogP contribution in [-0.4, -0.2) is 15.1 Å². The number of nitrogens with zero attached hydrogens (tertiary/aromatic N) is 2. The van der Waals surface area contributed by atoms with Crippen LogP contribution in [0, 0.1) is 0 Å². The van der Waals surface area contributed by atoms with Gasteiger partial charge in [0.25, 0.3) is 0 Å². The number of rotatable bonds is 6. The quantitative estimate of drug-likeness (QED) is 0.213. The normalized spacial score (nSPS) is 12.0. The topological polar surface area (TPSA) is 59.2 Å². The molecule has 0 saturated carbocycles. The third kappa shape index (κ3) is 5.77. The number of aromatic nitrogens is 2. The van der Waals surface area contributed by atoms with Crippen LogP contribution in [0.15, 0.2) is 102 Å².